The van der Waals surface area contributed by atoms with Gasteiger partial charge in [-0.2, -0.15) is 4.98 Å². The van der Waals surface area contributed by atoms with Crippen LogP contribution in [0, 0.1) is 6.92 Å². The predicted molar refractivity (Wildman–Crippen MR) is 66.0 cm³/mol. The van der Waals surface area contributed by atoms with Gasteiger partial charge in [-0.05, 0) is 12.5 Å². The smallest absolute Gasteiger partial charge is 0.222 e. The molecule has 4 N–H and O–H groups in total. The van der Waals surface area contributed by atoms with E-state index in [9.17, 15) is 0 Å². The number of nitrogens with two attached hydrogens (primary N) is 2. The molecule has 1 aromatic carbocycles. The van der Waals surface area contributed by atoms with Crippen LogP contribution >= 0.6 is 11.6 Å². The minimum atomic E-state index is 0.146. The van der Waals surface area contributed by atoms with Gasteiger partial charge in [-0.15, -0.1) is 0 Å². The molecule has 0 atom stereocenters. The van der Waals surface area contributed by atoms with Gasteiger partial charge in [0, 0.05) is 11.6 Å². The Morgan fingerprint density at radius 2 is 1.94 bits per heavy atom. The molecule has 0 radical (unpaired) electrons. The van der Waals surface area contributed by atoms with Crippen molar-refractivity contribution in [3.63, 3.8) is 0 Å². The maximum Gasteiger partial charge on any atom is 0.222 e. The number of aromatic nitrogens is 2. The molecule has 4 nitrogen and oxygen atoms in total. The molecule has 0 aliphatic carbocycles. The predicted octanol–water partition coefficient (Wildman–Crippen LogP) is 2.27. The Kier molecular flexibility index (Phi) is 2.66. The van der Waals surface area contributed by atoms with Crippen LogP contribution in [-0.2, 0) is 0 Å². The first-order chi connectivity index (χ1) is 7.58. The molecule has 16 heavy (non-hydrogen) atoms. The molecule has 2 aromatic rings. The number of nitrogen functional groups attached to an aromatic ring is 2. The van der Waals surface area contributed by atoms with Crippen molar-refractivity contribution in [3.8, 4) is 11.3 Å². The molecule has 1 heterocycles. The summed E-state index contributed by atoms with van der Waals surface area (Å²) in [5, 5.41) is 0.653. The first-order valence-electron chi connectivity index (χ1n) is 4.73. The largest absolute Gasteiger partial charge is 0.384 e. The van der Waals surface area contributed by atoms with E-state index in [2.05, 4.69) is 9.97 Å². The second-order valence-electron chi connectivity index (χ2n) is 3.47. The summed E-state index contributed by atoms with van der Waals surface area (Å²) in [5.74, 6) is 0.479. The van der Waals surface area contributed by atoms with Crippen molar-refractivity contribution in [2.75, 3.05) is 11.5 Å². The van der Waals surface area contributed by atoms with Crippen molar-refractivity contribution in [2.45, 2.75) is 6.92 Å². The normalized spacial score (nSPS) is 10.4. The van der Waals surface area contributed by atoms with Gasteiger partial charge < -0.3 is 11.5 Å². The van der Waals surface area contributed by atoms with E-state index in [4.69, 9.17) is 23.1 Å². The number of anilines is 2. The van der Waals surface area contributed by atoms with E-state index in [0.717, 1.165) is 11.1 Å². The third-order valence-electron chi connectivity index (χ3n) is 2.23. The lowest BCUT2D eigenvalue weighted by molar-refractivity contribution is 1.20. The van der Waals surface area contributed by atoms with Crippen molar-refractivity contribution in [3.05, 3.63) is 34.9 Å². The number of hydrogen-bond acceptors (Lipinski definition) is 4. The summed E-state index contributed by atoms with van der Waals surface area (Å²) in [5.41, 5.74) is 13.6. The highest BCUT2D eigenvalue weighted by molar-refractivity contribution is 6.34. The highest BCUT2D eigenvalue weighted by atomic mass is 35.5. The molecule has 0 amide bonds. The fourth-order valence-corrected chi connectivity index (χ4v) is 1.69. The summed E-state index contributed by atoms with van der Waals surface area (Å²) < 4.78 is 0. The Hall–Kier alpha value is -1.81. The minimum Gasteiger partial charge on any atom is -0.384 e. The molecule has 0 aliphatic heterocycles. The standard InChI is InChI=1S/C11H11ClN4/c1-6-3-2-4-7(10(6)12)8-5-9(13)16-11(14)15-8/h2-5H,1H3,(H4,13,14,15,16). The summed E-state index contributed by atoms with van der Waals surface area (Å²) in [6.07, 6.45) is 0. The third kappa shape index (κ3) is 1.92. The van der Waals surface area contributed by atoms with Crippen molar-refractivity contribution in [2.24, 2.45) is 0 Å². The number of benzene rings is 1. The minimum absolute atomic E-state index is 0.146. The lowest BCUT2D eigenvalue weighted by atomic mass is 10.1. The Morgan fingerprint density at radius 3 is 2.62 bits per heavy atom. The monoisotopic (exact) mass is 234 g/mol. The number of hydrogen-bond donors (Lipinski definition) is 2. The van der Waals surface area contributed by atoms with Crippen molar-refractivity contribution in [1.82, 2.24) is 9.97 Å². The molecule has 0 spiro atoms. The lowest BCUT2D eigenvalue weighted by Crippen LogP contribution is -2.00. The maximum atomic E-state index is 6.19. The second-order valence-corrected chi connectivity index (χ2v) is 3.85. The van der Waals surface area contributed by atoms with Gasteiger partial charge in [-0.1, -0.05) is 29.8 Å². The van der Waals surface area contributed by atoms with Crippen molar-refractivity contribution >= 4 is 23.4 Å². The average molecular weight is 235 g/mol. The SMILES string of the molecule is Cc1cccc(-c2cc(N)nc(N)n2)c1Cl. The van der Waals surface area contributed by atoms with Crippen LogP contribution in [0.2, 0.25) is 5.02 Å². The van der Waals surface area contributed by atoms with Crippen LogP contribution in [0.3, 0.4) is 0 Å². The molecule has 0 bridgehead atoms. The van der Waals surface area contributed by atoms with Crippen LogP contribution in [0.5, 0.6) is 0 Å². The van der Waals surface area contributed by atoms with Crippen LogP contribution in [0.15, 0.2) is 24.3 Å². The van der Waals surface area contributed by atoms with Gasteiger partial charge in [-0.3, -0.25) is 0 Å². The molecule has 0 aliphatic rings. The molecule has 0 fully saturated rings. The van der Waals surface area contributed by atoms with Gasteiger partial charge in [0.1, 0.15) is 5.82 Å². The van der Waals surface area contributed by atoms with Gasteiger partial charge in [-0.25, -0.2) is 4.98 Å². The van der Waals surface area contributed by atoms with E-state index in [1.165, 1.54) is 0 Å². The molecular weight excluding hydrogens is 224 g/mol. The molecule has 2 rings (SSSR count). The molecule has 1 aromatic heterocycles. The zero-order valence-electron chi connectivity index (χ0n) is 8.74. The molecule has 82 valence electrons. The third-order valence-corrected chi connectivity index (χ3v) is 2.73. The molecule has 0 saturated carbocycles. The summed E-state index contributed by atoms with van der Waals surface area (Å²) >= 11 is 6.19. The van der Waals surface area contributed by atoms with Gasteiger partial charge in [0.05, 0.1) is 10.7 Å². The fraction of sp³-hybridized carbons (Fsp3) is 0.0909. The number of rotatable bonds is 1. The fourth-order valence-electron chi connectivity index (χ4n) is 1.47. The van der Waals surface area contributed by atoms with Crippen LogP contribution in [0.4, 0.5) is 11.8 Å². The number of halogens is 1. The Balaban J connectivity index is 2.63. The quantitative estimate of drug-likeness (QED) is 0.794. The van der Waals surface area contributed by atoms with Crippen LogP contribution < -0.4 is 11.5 Å². The zero-order valence-corrected chi connectivity index (χ0v) is 9.49. The van der Waals surface area contributed by atoms with Crippen LogP contribution in [0.25, 0.3) is 11.3 Å². The lowest BCUT2D eigenvalue weighted by Gasteiger charge is -2.07. The van der Waals surface area contributed by atoms with Gasteiger partial charge in [0.2, 0.25) is 5.95 Å². The maximum absolute atomic E-state index is 6.19. The Bertz CT molecular complexity index is 519. The summed E-state index contributed by atoms with van der Waals surface area (Å²) in [4.78, 5) is 7.92. The highest BCUT2D eigenvalue weighted by Gasteiger charge is 2.08. The van der Waals surface area contributed by atoms with Crippen molar-refractivity contribution < 1.29 is 0 Å². The molecular formula is C11H11ClN4. The molecule has 0 saturated heterocycles. The van der Waals surface area contributed by atoms with E-state index < -0.39 is 0 Å². The summed E-state index contributed by atoms with van der Waals surface area (Å²) in [7, 11) is 0. The van der Waals surface area contributed by atoms with E-state index in [1.54, 1.807) is 6.07 Å². The van der Waals surface area contributed by atoms with Gasteiger partial charge >= 0.3 is 0 Å². The zero-order chi connectivity index (χ0) is 11.7. The van der Waals surface area contributed by atoms with E-state index >= 15 is 0 Å². The van der Waals surface area contributed by atoms with E-state index in [0.29, 0.717) is 16.5 Å². The summed E-state index contributed by atoms with van der Waals surface area (Å²) in [6.45, 7) is 1.93. The first-order valence-corrected chi connectivity index (χ1v) is 5.11. The average Bonchev–Trinajstić information content (AvgIpc) is 2.20. The van der Waals surface area contributed by atoms with Crippen LogP contribution in [0.1, 0.15) is 5.56 Å². The highest BCUT2D eigenvalue weighted by Crippen LogP contribution is 2.29. The second kappa shape index (κ2) is 3.98. The van der Waals surface area contributed by atoms with Gasteiger partial charge in [0.15, 0.2) is 0 Å². The van der Waals surface area contributed by atoms with Gasteiger partial charge in [0.25, 0.3) is 0 Å². The van der Waals surface area contributed by atoms with Crippen molar-refractivity contribution in [1.29, 1.82) is 0 Å². The Morgan fingerprint density at radius 1 is 1.19 bits per heavy atom. The molecule has 0 unspecified atom stereocenters. The Labute approximate surface area is 98.3 Å². The molecule has 5 heteroatoms. The number of nitrogens with zero attached hydrogens (tertiary/aromatic N) is 2. The first kappa shape index (κ1) is 10.7. The van der Waals surface area contributed by atoms with E-state index in [-0.39, 0.29) is 5.95 Å². The van der Waals surface area contributed by atoms with Crippen LogP contribution in [-0.4, -0.2) is 9.97 Å². The van der Waals surface area contributed by atoms with E-state index in [1.807, 2.05) is 25.1 Å². The summed E-state index contributed by atoms with van der Waals surface area (Å²) in [6, 6.07) is 7.36. The number of aryl methyl sites for hydroxylation is 1. The topological polar surface area (TPSA) is 77.8 Å².